The Hall–Kier alpha value is -3.44. The van der Waals surface area contributed by atoms with Crippen molar-refractivity contribution in [1.82, 2.24) is 10.1 Å². The number of fused-ring (bicyclic) bond motifs is 3. The molecule has 5 nitrogen and oxygen atoms in total. The summed E-state index contributed by atoms with van der Waals surface area (Å²) in [4.78, 5) is 9.48. The molecule has 0 amide bonds. The van der Waals surface area contributed by atoms with E-state index >= 15 is 0 Å². The van der Waals surface area contributed by atoms with E-state index in [9.17, 15) is 0 Å². The SMILES string of the molecule is CC1N=C(c2ccc(Cl)cc2)c2c(ccnc2Oc2ccccc2)-c2cnoc21. The van der Waals surface area contributed by atoms with Crippen molar-refractivity contribution < 1.29 is 9.26 Å². The number of aliphatic imine (C=N–C) groups is 1. The van der Waals surface area contributed by atoms with Crippen molar-refractivity contribution in [2.75, 3.05) is 0 Å². The molecule has 2 aromatic heterocycles. The molecular weight excluding hydrogens is 386 g/mol. The highest BCUT2D eigenvalue weighted by molar-refractivity contribution is 6.30. The number of nitrogens with zero attached hydrogens (tertiary/aromatic N) is 3. The summed E-state index contributed by atoms with van der Waals surface area (Å²) in [5.74, 6) is 1.89. The van der Waals surface area contributed by atoms with Crippen LogP contribution in [-0.2, 0) is 0 Å². The molecule has 0 N–H and O–H groups in total. The Bertz CT molecular complexity index is 1200. The molecule has 3 heterocycles. The number of pyridine rings is 1. The van der Waals surface area contributed by atoms with E-state index in [1.807, 2.05) is 67.6 Å². The van der Waals surface area contributed by atoms with Gasteiger partial charge in [-0.05, 0) is 37.3 Å². The van der Waals surface area contributed by atoms with Crippen LogP contribution in [0.15, 0.2) is 82.6 Å². The Kier molecular flexibility index (Phi) is 4.37. The molecule has 29 heavy (non-hydrogen) atoms. The Morgan fingerprint density at radius 3 is 2.55 bits per heavy atom. The molecule has 0 radical (unpaired) electrons. The maximum atomic E-state index is 6.17. The molecule has 1 atom stereocenters. The van der Waals surface area contributed by atoms with Crippen molar-refractivity contribution in [3.05, 3.63) is 95.0 Å². The maximum absolute atomic E-state index is 6.17. The fourth-order valence-electron chi connectivity index (χ4n) is 3.47. The van der Waals surface area contributed by atoms with Crippen LogP contribution in [0.1, 0.15) is 29.9 Å². The van der Waals surface area contributed by atoms with Crippen molar-refractivity contribution in [2.45, 2.75) is 13.0 Å². The molecule has 0 bridgehead atoms. The van der Waals surface area contributed by atoms with Crippen LogP contribution in [0.5, 0.6) is 11.6 Å². The molecule has 142 valence electrons. The van der Waals surface area contributed by atoms with Gasteiger partial charge in [0, 0.05) is 27.9 Å². The Labute approximate surface area is 172 Å². The van der Waals surface area contributed by atoms with Crippen molar-refractivity contribution in [2.24, 2.45) is 4.99 Å². The van der Waals surface area contributed by atoms with E-state index in [0.29, 0.717) is 22.4 Å². The van der Waals surface area contributed by atoms with Crippen LogP contribution in [0.4, 0.5) is 0 Å². The summed E-state index contributed by atoms with van der Waals surface area (Å²) in [6.45, 7) is 1.98. The summed E-state index contributed by atoms with van der Waals surface area (Å²) < 4.78 is 11.7. The van der Waals surface area contributed by atoms with Gasteiger partial charge in [-0.25, -0.2) is 4.98 Å². The van der Waals surface area contributed by atoms with Crippen LogP contribution in [-0.4, -0.2) is 15.9 Å². The minimum absolute atomic E-state index is 0.213. The van der Waals surface area contributed by atoms with Crippen molar-refractivity contribution in [3.63, 3.8) is 0 Å². The second-order valence-corrected chi connectivity index (χ2v) is 7.15. The normalized spacial score (nSPS) is 15.1. The summed E-state index contributed by atoms with van der Waals surface area (Å²) in [6, 6.07) is 18.9. The van der Waals surface area contributed by atoms with E-state index in [1.54, 1.807) is 12.4 Å². The van der Waals surface area contributed by atoms with Gasteiger partial charge in [-0.15, -0.1) is 0 Å². The first-order valence-electron chi connectivity index (χ1n) is 9.21. The average molecular weight is 402 g/mol. The Morgan fingerprint density at radius 1 is 0.966 bits per heavy atom. The molecular formula is C23H16ClN3O2. The fraction of sp³-hybridized carbons (Fsp3) is 0.0870. The largest absolute Gasteiger partial charge is 0.438 e. The van der Waals surface area contributed by atoms with Crippen LogP contribution in [0.25, 0.3) is 11.1 Å². The zero-order valence-corrected chi connectivity index (χ0v) is 16.3. The smallest absolute Gasteiger partial charge is 0.229 e. The molecule has 6 heteroatoms. The van der Waals surface area contributed by atoms with Gasteiger partial charge in [0.25, 0.3) is 0 Å². The zero-order valence-electron chi connectivity index (χ0n) is 15.5. The van der Waals surface area contributed by atoms with Gasteiger partial charge in [-0.1, -0.05) is 47.1 Å². The predicted molar refractivity (Wildman–Crippen MR) is 112 cm³/mol. The molecule has 0 saturated heterocycles. The lowest BCUT2D eigenvalue weighted by molar-refractivity contribution is 0.369. The topological polar surface area (TPSA) is 60.5 Å². The standard InChI is InChI=1S/C23H16ClN3O2/c1-14-22-19(13-26-29-22)18-11-12-25-23(28-17-5-3-2-4-6-17)20(18)21(27-14)15-7-9-16(24)10-8-15/h2-14H,1H3. The number of para-hydroxylation sites is 1. The average Bonchev–Trinajstić information content (AvgIpc) is 3.19. The maximum Gasteiger partial charge on any atom is 0.229 e. The molecule has 0 spiro atoms. The lowest BCUT2D eigenvalue weighted by atomic mass is 9.95. The first-order chi connectivity index (χ1) is 14.2. The van der Waals surface area contributed by atoms with Gasteiger partial charge in [0.2, 0.25) is 5.88 Å². The molecule has 0 fully saturated rings. The van der Waals surface area contributed by atoms with Gasteiger partial charge in [-0.3, -0.25) is 4.99 Å². The van der Waals surface area contributed by atoms with Crippen LogP contribution < -0.4 is 4.74 Å². The van der Waals surface area contributed by atoms with E-state index in [2.05, 4.69) is 10.1 Å². The van der Waals surface area contributed by atoms with Gasteiger partial charge in [-0.2, -0.15) is 0 Å². The lowest BCUT2D eigenvalue weighted by Gasteiger charge is -2.15. The second-order valence-electron chi connectivity index (χ2n) is 6.72. The minimum atomic E-state index is -0.213. The molecule has 1 unspecified atom stereocenters. The molecule has 1 aliphatic heterocycles. The quantitative estimate of drug-likeness (QED) is 0.416. The number of rotatable bonds is 3. The summed E-state index contributed by atoms with van der Waals surface area (Å²) in [7, 11) is 0. The van der Waals surface area contributed by atoms with E-state index in [-0.39, 0.29) is 6.04 Å². The number of hydrogen-bond donors (Lipinski definition) is 0. The number of ether oxygens (including phenoxy) is 1. The van der Waals surface area contributed by atoms with Gasteiger partial charge in [0.1, 0.15) is 11.8 Å². The van der Waals surface area contributed by atoms with Crippen LogP contribution in [0.3, 0.4) is 0 Å². The third kappa shape index (κ3) is 3.19. The molecule has 2 aromatic carbocycles. The van der Waals surface area contributed by atoms with Crippen molar-refractivity contribution >= 4 is 17.3 Å². The molecule has 1 aliphatic rings. The van der Waals surface area contributed by atoms with Crippen molar-refractivity contribution in [3.8, 4) is 22.8 Å². The third-order valence-corrected chi connectivity index (χ3v) is 5.07. The first kappa shape index (κ1) is 17.6. The fourth-order valence-corrected chi connectivity index (χ4v) is 3.60. The van der Waals surface area contributed by atoms with Crippen LogP contribution in [0.2, 0.25) is 5.02 Å². The minimum Gasteiger partial charge on any atom is -0.438 e. The van der Waals surface area contributed by atoms with Gasteiger partial charge < -0.3 is 9.26 Å². The second kappa shape index (κ2) is 7.18. The predicted octanol–water partition coefficient (Wildman–Crippen LogP) is 6.09. The van der Waals surface area contributed by atoms with Gasteiger partial charge in [0.05, 0.1) is 17.5 Å². The van der Waals surface area contributed by atoms with Gasteiger partial charge in [0.15, 0.2) is 5.76 Å². The highest BCUT2D eigenvalue weighted by atomic mass is 35.5. The lowest BCUT2D eigenvalue weighted by Crippen LogP contribution is -2.08. The van der Waals surface area contributed by atoms with Crippen LogP contribution >= 0.6 is 11.6 Å². The molecule has 0 aliphatic carbocycles. The van der Waals surface area contributed by atoms with Gasteiger partial charge >= 0.3 is 0 Å². The Morgan fingerprint density at radius 2 is 1.76 bits per heavy atom. The number of aromatic nitrogens is 2. The monoisotopic (exact) mass is 401 g/mol. The van der Waals surface area contributed by atoms with Crippen molar-refractivity contribution in [1.29, 1.82) is 0 Å². The van der Waals surface area contributed by atoms with E-state index in [4.69, 9.17) is 25.9 Å². The summed E-state index contributed by atoms with van der Waals surface area (Å²) >= 11 is 6.11. The zero-order chi connectivity index (χ0) is 19.8. The summed E-state index contributed by atoms with van der Waals surface area (Å²) in [6.07, 6.45) is 3.45. The Balaban J connectivity index is 1.75. The number of hydrogen-bond acceptors (Lipinski definition) is 5. The van der Waals surface area contributed by atoms with E-state index in [0.717, 1.165) is 28.0 Å². The highest BCUT2D eigenvalue weighted by Crippen LogP contribution is 2.41. The molecule has 0 saturated carbocycles. The summed E-state index contributed by atoms with van der Waals surface area (Å²) in [5.41, 5.74) is 4.30. The van der Waals surface area contributed by atoms with E-state index < -0.39 is 0 Å². The molecule has 5 rings (SSSR count). The van der Waals surface area contributed by atoms with Crippen LogP contribution in [0, 0.1) is 0 Å². The third-order valence-electron chi connectivity index (χ3n) is 4.82. The van der Waals surface area contributed by atoms with E-state index in [1.165, 1.54) is 0 Å². The summed E-state index contributed by atoms with van der Waals surface area (Å²) in [5, 5.41) is 4.66. The number of halogens is 1. The number of benzene rings is 2. The highest BCUT2D eigenvalue weighted by Gasteiger charge is 2.29. The molecule has 4 aromatic rings. The first-order valence-corrected chi connectivity index (χ1v) is 9.59.